The molecule has 1 aliphatic carbocycles. The number of rotatable bonds is 2. The quantitative estimate of drug-likeness (QED) is 0.729. The van der Waals surface area contributed by atoms with Crippen molar-refractivity contribution in [1.29, 1.82) is 0 Å². The van der Waals surface area contributed by atoms with Gasteiger partial charge in [0.15, 0.2) is 0 Å². The van der Waals surface area contributed by atoms with Crippen molar-refractivity contribution in [3.8, 4) is 0 Å². The van der Waals surface area contributed by atoms with Gasteiger partial charge in [0.25, 0.3) is 0 Å². The summed E-state index contributed by atoms with van der Waals surface area (Å²) in [7, 11) is 0. The average Bonchev–Trinajstić information content (AvgIpc) is 2.63. The highest BCUT2D eigenvalue weighted by atomic mass is 32.2. The number of nitrogens with one attached hydrogen (secondary N) is 1. The summed E-state index contributed by atoms with van der Waals surface area (Å²) >= 11 is 1.74. The van der Waals surface area contributed by atoms with Gasteiger partial charge in [-0.2, -0.15) is 4.98 Å². The monoisotopic (exact) mass is 184 g/mol. The number of H-pyrrole nitrogens is 1. The van der Waals surface area contributed by atoms with Gasteiger partial charge in [-0.1, -0.05) is 24.6 Å². The topological polar surface area (TPSA) is 67.6 Å². The number of nitrogens with zero attached hydrogens (tertiary/aromatic N) is 2. The zero-order valence-corrected chi connectivity index (χ0v) is 7.60. The van der Waals surface area contributed by atoms with Crippen LogP contribution in [0.4, 0.5) is 5.95 Å². The molecule has 4 nitrogen and oxygen atoms in total. The van der Waals surface area contributed by atoms with Gasteiger partial charge in [0.2, 0.25) is 11.1 Å². The third-order valence-corrected chi connectivity index (χ3v) is 3.25. The lowest BCUT2D eigenvalue weighted by Gasteiger charge is -2.02. The number of aromatic nitrogens is 3. The number of anilines is 1. The summed E-state index contributed by atoms with van der Waals surface area (Å²) in [6.45, 7) is 0. The molecular formula is C7H12N4S. The van der Waals surface area contributed by atoms with Crippen LogP contribution < -0.4 is 5.73 Å². The molecule has 0 saturated heterocycles. The molecule has 1 aromatic rings. The van der Waals surface area contributed by atoms with Crippen molar-refractivity contribution in [3.05, 3.63) is 0 Å². The van der Waals surface area contributed by atoms with Crippen LogP contribution >= 0.6 is 11.8 Å². The number of hydrogen-bond acceptors (Lipinski definition) is 4. The van der Waals surface area contributed by atoms with Crippen LogP contribution in [-0.2, 0) is 0 Å². The highest BCUT2D eigenvalue weighted by Crippen LogP contribution is 2.32. The van der Waals surface area contributed by atoms with Crippen LogP contribution in [0.3, 0.4) is 0 Å². The number of nitrogens with two attached hydrogens (primary N) is 1. The Balaban J connectivity index is 1.94. The largest absolute Gasteiger partial charge is 0.368 e. The smallest absolute Gasteiger partial charge is 0.216 e. The molecule has 0 radical (unpaired) electrons. The van der Waals surface area contributed by atoms with Crippen LogP contribution in [0.15, 0.2) is 5.16 Å². The van der Waals surface area contributed by atoms with Gasteiger partial charge in [-0.15, -0.1) is 5.10 Å². The first-order valence-corrected chi connectivity index (χ1v) is 5.07. The van der Waals surface area contributed by atoms with Crippen LogP contribution in [0.25, 0.3) is 0 Å². The third-order valence-electron chi connectivity index (χ3n) is 2.06. The van der Waals surface area contributed by atoms with Crippen molar-refractivity contribution in [2.45, 2.75) is 36.1 Å². The van der Waals surface area contributed by atoms with E-state index in [9.17, 15) is 0 Å². The van der Waals surface area contributed by atoms with Crippen molar-refractivity contribution in [2.24, 2.45) is 0 Å². The Morgan fingerprint density at radius 1 is 1.42 bits per heavy atom. The SMILES string of the molecule is Nc1nc(SC2CCCC2)n[nH]1. The van der Waals surface area contributed by atoms with Crippen molar-refractivity contribution < 1.29 is 0 Å². The molecule has 0 aromatic carbocycles. The van der Waals surface area contributed by atoms with Gasteiger partial charge < -0.3 is 5.73 Å². The molecule has 2 rings (SSSR count). The van der Waals surface area contributed by atoms with Gasteiger partial charge >= 0.3 is 0 Å². The lowest BCUT2D eigenvalue weighted by atomic mass is 10.4. The van der Waals surface area contributed by atoms with Crippen molar-refractivity contribution in [2.75, 3.05) is 5.73 Å². The van der Waals surface area contributed by atoms with E-state index in [2.05, 4.69) is 15.2 Å². The van der Waals surface area contributed by atoms with E-state index >= 15 is 0 Å². The summed E-state index contributed by atoms with van der Waals surface area (Å²) in [5, 5.41) is 8.12. The van der Waals surface area contributed by atoms with Crippen LogP contribution in [0, 0.1) is 0 Å². The second-order valence-electron chi connectivity index (χ2n) is 3.03. The summed E-state index contributed by atoms with van der Waals surface area (Å²) < 4.78 is 0. The highest BCUT2D eigenvalue weighted by Gasteiger charge is 2.17. The van der Waals surface area contributed by atoms with Gasteiger partial charge in [-0.05, 0) is 12.8 Å². The molecule has 0 bridgehead atoms. The summed E-state index contributed by atoms with van der Waals surface area (Å²) in [4.78, 5) is 4.05. The normalized spacial score (nSPS) is 18.7. The fourth-order valence-electron chi connectivity index (χ4n) is 1.47. The Kier molecular flexibility index (Phi) is 2.21. The zero-order chi connectivity index (χ0) is 8.39. The van der Waals surface area contributed by atoms with E-state index in [4.69, 9.17) is 5.73 Å². The number of thioether (sulfide) groups is 1. The van der Waals surface area contributed by atoms with Crippen LogP contribution in [0.1, 0.15) is 25.7 Å². The molecule has 1 heterocycles. The molecule has 0 spiro atoms. The Bertz CT molecular complexity index is 254. The summed E-state index contributed by atoms with van der Waals surface area (Å²) in [5.74, 6) is 0.412. The van der Waals surface area contributed by atoms with E-state index in [1.165, 1.54) is 25.7 Å². The Hall–Kier alpha value is -0.710. The maximum absolute atomic E-state index is 5.41. The summed E-state index contributed by atoms with van der Waals surface area (Å²) in [5.41, 5.74) is 5.41. The molecule has 66 valence electrons. The standard InChI is InChI=1S/C7H12N4S/c8-6-9-7(11-10-6)12-5-3-1-2-4-5/h5H,1-4H2,(H3,8,9,10,11). The minimum absolute atomic E-state index is 0.412. The van der Waals surface area contributed by atoms with E-state index in [0.29, 0.717) is 11.2 Å². The zero-order valence-electron chi connectivity index (χ0n) is 6.79. The van der Waals surface area contributed by atoms with Gasteiger partial charge in [-0.3, -0.25) is 0 Å². The first-order chi connectivity index (χ1) is 5.84. The second kappa shape index (κ2) is 3.35. The predicted molar refractivity (Wildman–Crippen MR) is 48.9 cm³/mol. The molecular weight excluding hydrogens is 172 g/mol. The second-order valence-corrected chi connectivity index (χ2v) is 4.30. The lowest BCUT2D eigenvalue weighted by Crippen LogP contribution is -1.94. The molecule has 3 N–H and O–H groups in total. The number of nitrogen functional groups attached to an aromatic ring is 1. The minimum atomic E-state index is 0.412. The maximum atomic E-state index is 5.41. The predicted octanol–water partition coefficient (Wildman–Crippen LogP) is 1.42. The Labute approximate surface area is 75.3 Å². The molecule has 1 saturated carbocycles. The van der Waals surface area contributed by atoms with Crippen LogP contribution in [0.5, 0.6) is 0 Å². The minimum Gasteiger partial charge on any atom is -0.368 e. The molecule has 12 heavy (non-hydrogen) atoms. The van der Waals surface area contributed by atoms with E-state index in [-0.39, 0.29) is 0 Å². The highest BCUT2D eigenvalue weighted by molar-refractivity contribution is 7.99. The summed E-state index contributed by atoms with van der Waals surface area (Å²) in [6, 6.07) is 0. The van der Waals surface area contributed by atoms with Crippen LogP contribution in [-0.4, -0.2) is 20.4 Å². The molecule has 1 aromatic heterocycles. The van der Waals surface area contributed by atoms with Crippen LogP contribution in [0.2, 0.25) is 0 Å². The summed E-state index contributed by atoms with van der Waals surface area (Å²) in [6.07, 6.45) is 5.27. The van der Waals surface area contributed by atoms with E-state index in [1.54, 1.807) is 11.8 Å². The number of aromatic amines is 1. The lowest BCUT2D eigenvalue weighted by molar-refractivity contribution is 0.886. The van der Waals surface area contributed by atoms with E-state index < -0.39 is 0 Å². The van der Waals surface area contributed by atoms with E-state index in [0.717, 1.165) is 5.16 Å². The van der Waals surface area contributed by atoms with Gasteiger partial charge in [-0.25, -0.2) is 5.10 Å². The fraction of sp³-hybridized carbons (Fsp3) is 0.714. The number of hydrogen-bond donors (Lipinski definition) is 2. The first-order valence-electron chi connectivity index (χ1n) is 4.19. The van der Waals surface area contributed by atoms with Gasteiger partial charge in [0.1, 0.15) is 0 Å². The average molecular weight is 184 g/mol. The fourth-order valence-corrected chi connectivity index (χ4v) is 2.58. The molecule has 0 atom stereocenters. The molecule has 5 heteroatoms. The Morgan fingerprint density at radius 3 is 2.75 bits per heavy atom. The molecule has 0 amide bonds. The molecule has 1 fully saturated rings. The van der Waals surface area contributed by atoms with E-state index in [1.807, 2.05) is 0 Å². The third kappa shape index (κ3) is 1.72. The molecule has 0 aliphatic heterocycles. The van der Waals surface area contributed by atoms with Gasteiger partial charge in [0.05, 0.1) is 0 Å². The van der Waals surface area contributed by atoms with Crippen molar-refractivity contribution >= 4 is 17.7 Å². The Morgan fingerprint density at radius 2 is 2.17 bits per heavy atom. The first kappa shape index (κ1) is 7.91. The van der Waals surface area contributed by atoms with Gasteiger partial charge in [0, 0.05) is 5.25 Å². The van der Waals surface area contributed by atoms with Crippen molar-refractivity contribution in [3.63, 3.8) is 0 Å². The maximum Gasteiger partial charge on any atom is 0.216 e. The molecule has 1 aliphatic rings. The van der Waals surface area contributed by atoms with Crippen molar-refractivity contribution in [1.82, 2.24) is 15.2 Å². The molecule has 0 unspecified atom stereocenters.